The monoisotopic (exact) mass is 223 g/mol. The fraction of sp³-hybridized carbons (Fsp3) is 0.538. The van der Waals surface area contributed by atoms with Crippen LogP contribution in [0.1, 0.15) is 50.7 Å². The van der Waals surface area contributed by atoms with Crippen molar-refractivity contribution in [2.24, 2.45) is 0 Å². The van der Waals surface area contributed by atoms with Crippen LogP contribution in [0.2, 0.25) is 5.02 Å². The molecule has 0 spiro atoms. The predicted molar refractivity (Wildman–Crippen MR) is 66.5 cm³/mol. The number of rotatable bonds is 1. The summed E-state index contributed by atoms with van der Waals surface area (Å²) >= 11 is 6.30. The van der Waals surface area contributed by atoms with Crippen molar-refractivity contribution < 1.29 is 0 Å². The molecule has 0 unspecified atom stereocenters. The number of hydrogen-bond acceptors (Lipinski definition) is 1. The average Bonchev–Trinajstić information content (AvgIpc) is 2.84. The van der Waals surface area contributed by atoms with Crippen molar-refractivity contribution in [1.82, 2.24) is 0 Å². The zero-order valence-corrected chi connectivity index (χ0v) is 10.4. The lowest BCUT2D eigenvalue weighted by Crippen LogP contribution is -2.15. The Hall–Kier alpha value is -0.690. The highest BCUT2D eigenvalue weighted by Gasteiger charge is 2.31. The van der Waals surface area contributed by atoms with Crippen LogP contribution < -0.4 is 5.73 Å². The molecule has 2 rings (SSSR count). The zero-order chi connectivity index (χ0) is 11.2. The minimum absolute atomic E-state index is 0.122. The van der Waals surface area contributed by atoms with E-state index in [9.17, 15) is 0 Å². The van der Waals surface area contributed by atoms with Gasteiger partial charge in [-0.2, -0.15) is 0 Å². The molecule has 0 aliphatic heterocycles. The number of anilines is 1. The quantitative estimate of drug-likeness (QED) is 0.713. The minimum atomic E-state index is 0.122. The fourth-order valence-corrected chi connectivity index (χ4v) is 2.43. The molecule has 2 heteroatoms. The Morgan fingerprint density at radius 1 is 1.27 bits per heavy atom. The molecule has 1 saturated carbocycles. The highest BCUT2D eigenvalue weighted by molar-refractivity contribution is 6.31. The van der Waals surface area contributed by atoms with E-state index in [2.05, 4.69) is 26.8 Å². The molecule has 0 radical (unpaired) electrons. The SMILES string of the molecule is CC(C)(C)c1cc(N)cc(Cl)c1C1CC1. The summed E-state index contributed by atoms with van der Waals surface area (Å²) in [5.74, 6) is 0.673. The molecule has 15 heavy (non-hydrogen) atoms. The van der Waals surface area contributed by atoms with E-state index in [0.717, 1.165) is 10.7 Å². The molecular formula is C13H18ClN. The van der Waals surface area contributed by atoms with Gasteiger partial charge in [0.15, 0.2) is 0 Å². The first-order valence-corrected chi connectivity index (χ1v) is 5.87. The normalized spacial score (nSPS) is 16.8. The maximum Gasteiger partial charge on any atom is 0.0464 e. The number of benzene rings is 1. The van der Waals surface area contributed by atoms with E-state index in [0.29, 0.717) is 5.92 Å². The van der Waals surface area contributed by atoms with E-state index in [1.165, 1.54) is 24.0 Å². The van der Waals surface area contributed by atoms with Crippen LogP contribution in [0.5, 0.6) is 0 Å². The van der Waals surface area contributed by atoms with E-state index in [4.69, 9.17) is 17.3 Å². The summed E-state index contributed by atoms with van der Waals surface area (Å²) in [5.41, 5.74) is 9.40. The van der Waals surface area contributed by atoms with E-state index in [1.54, 1.807) is 0 Å². The Bertz CT molecular complexity index is 386. The number of nitrogen functional groups attached to an aromatic ring is 1. The molecule has 1 aromatic rings. The van der Waals surface area contributed by atoms with E-state index in [1.807, 2.05) is 6.07 Å². The minimum Gasteiger partial charge on any atom is -0.399 e. The van der Waals surface area contributed by atoms with Gasteiger partial charge in [0, 0.05) is 10.7 Å². The molecule has 1 aliphatic carbocycles. The molecule has 2 N–H and O–H groups in total. The van der Waals surface area contributed by atoms with Gasteiger partial charge in [0.1, 0.15) is 0 Å². The van der Waals surface area contributed by atoms with E-state index in [-0.39, 0.29) is 5.41 Å². The van der Waals surface area contributed by atoms with Gasteiger partial charge in [-0.15, -0.1) is 0 Å². The Balaban J connectivity index is 2.59. The van der Waals surface area contributed by atoms with E-state index >= 15 is 0 Å². The summed E-state index contributed by atoms with van der Waals surface area (Å²) < 4.78 is 0. The number of nitrogens with two attached hydrogens (primary N) is 1. The van der Waals surface area contributed by atoms with Gasteiger partial charge in [-0.1, -0.05) is 32.4 Å². The summed E-state index contributed by atoms with van der Waals surface area (Å²) in [6.45, 7) is 6.64. The molecule has 0 aromatic heterocycles. The van der Waals surface area contributed by atoms with Crippen LogP contribution in [0, 0.1) is 0 Å². The van der Waals surface area contributed by atoms with Crippen molar-refractivity contribution in [3.8, 4) is 0 Å². The van der Waals surface area contributed by atoms with Crippen LogP contribution in [0.4, 0.5) is 5.69 Å². The van der Waals surface area contributed by atoms with Gasteiger partial charge in [0.2, 0.25) is 0 Å². The van der Waals surface area contributed by atoms with Gasteiger partial charge in [-0.3, -0.25) is 0 Å². The Morgan fingerprint density at radius 2 is 1.87 bits per heavy atom. The topological polar surface area (TPSA) is 26.0 Å². The van der Waals surface area contributed by atoms with Gasteiger partial charge in [-0.05, 0) is 47.4 Å². The molecule has 1 aromatic carbocycles. The first-order chi connectivity index (χ1) is 6.89. The summed E-state index contributed by atoms with van der Waals surface area (Å²) in [6.07, 6.45) is 2.54. The molecule has 0 bridgehead atoms. The maximum atomic E-state index is 6.30. The van der Waals surface area contributed by atoms with Crippen LogP contribution in [-0.2, 0) is 5.41 Å². The highest BCUT2D eigenvalue weighted by Crippen LogP contribution is 2.48. The maximum absolute atomic E-state index is 6.30. The lowest BCUT2D eigenvalue weighted by atomic mass is 9.82. The van der Waals surface area contributed by atoms with Gasteiger partial charge in [0.25, 0.3) is 0 Å². The third kappa shape index (κ3) is 2.12. The molecule has 1 aliphatic rings. The van der Waals surface area contributed by atoms with Crippen LogP contribution in [0.3, 0.4) is 0 Å². The van der Waals surface area contributed by atoms with Crippen LogP contribution in [-0.4, -0.2) is 0 Å². The van der Waals surface area contributed by atoms with Gasteiger partial charge < -0.3 is 5.73 Å². The number of hydrogen-bond donors (Lipinski definition) is 1. The Morgan fingerprint density at radius 3 is 2.33 bits per heavy atom. The molecule has 0 atom stereocenters. The van der Waals surface area contributed by atoms with Crippen molar-refractivity contribution >= 4 is 17.3 Å². The Labute approximate surface area is 96.6 Å². The van der Waals surface area contributed by atoms with Gasteiger partial charge in [0.05, 0.1) is 0 Å². The van der Waals surface area contributed by atoms with Crippen molar-refractivity contribution in [2.75, 3.05) is 5.73 Å². The second-order valence-corrected chi connectivity index (χ2v) is 5.90. The first kappa shape index (κ1) is 10.8. The van der Waals surface area contributed by atoms with Crippen molar-refractivity contribution in [3.05, 3.63) is 28.3 Å². The summed E-state index contributed by atoms with van der Waals surface area (Å²) in [6, 6.07) is 3.96. The summed E-state index contributed by atoms with van der Waals surface area (Å²) in [7, 11) is 0. The van der Waals surface area contributed by atoms with Crippen molar-refractivity contribution in [3.63, 3.8) is 0 Å². The first-order valence-electron chi connectivity index (χ1n) is 5.49. The lowest BCUT2D eigenvalue weighted by Gasteiger charge is -2.24. The van der Waals surface area contributed by atoms with E-state index < -0.39 is 0 Å². The third-order valence-corrected chi connectivity index (χ3v) is 3.26. The summed E-state index contributed by atoms with van der Waals surface area (Å²) in [4.78, 5) is 0. The summed E-state index contributed by atoms with van der Waals surface area (Å²) in [5, 5.41) is 0.849. The van der Waals surface area contributed by atoms with Crippen LogP contribution in [0.25, 0.3) is 0 Å². The highest BCUT2D eigenvalue weighted by atomic mass is 35.5. The molecule has 0 saturated heterocycles. The average molecular weight is 224 g/mol. The predicted octanol–water partition coefficient (Wildman–Crippen LogP) is 4.10. The molecule has 0 heterocycles. The van der Waals surface area contributed by atoms with Crippen molar-refractivity contribution in [1.29, 1.82) is 0 Å². The lowest BCUT2D eigenvalue weighted by molar-refractivity contribution is 0.583. The standard InChI is InChI=1S/C13H18ClN/c1-13(2,3)10-6-9(15)7-11(14)12(10)8-4-5-8/h6-8H,4-5,15H2,1-3H3. The Kier molecular flexibility index (Phi) is 2.46. The molecule has 82 valence electrons. The third-order valence-electron chi connectivity index (χ3n) is 2.95. The zero-order valence-electron chi connectivity index (χ0n) is 9.60. The largest absolute Gasteiger partial charge is 0.399 e. The molecule has 1 nitrogen and oxygen atoms in total. The number of halogens is 1. The second kappa shape index (κ2) is 3.41. The van der Waals surface area contributed by atoms with Crippen LogP contribution in [0.15, 0.2) is 12.1 Å². The molecule has 1 fully saturated rings. The second-order valence-electron chi connectivity index (χ2n) is 5.49. The van der Waals surface area contributed by atoms with Gasteiger partial charge in [-0.25, -0.2) is 0 Å². The molecule has 0 amide bonds. The van der Waals surface area contributed by atoms with Gasteiger partial charge >= 0.3 is 0 Å². The molecular weight excluding hydrogens is 206 g/mol. The smallest absolute Gasteiger partial charge is 0.0464 e. The van der Waals surface area contributed by atoms with Crippen LogP contribution >= 0.6 is 11.6 Å². The fourth-order valence-electron chi connectivity index (χ4n) is 2.05. The van der Waals surface area contributed by atoms with Crippen molar-refractivity contribution in [2.45, 2.75) is 44.9 Å².